The van der Waals surface area contributed by atoms with Gasteiger partial charge in [-0.2, -0.15) is 0 Å². The maximum absolute atomic E-state index is 4.47. The minimum absolute atomic E-state index is 0.143. The van der Waals surface area contributed by atoms with Gasteiger partial charge in [0.2, 0.25) is 0 Å². The monoisotopic (exact) mass is 261 g/mol. The first-order valence-electron chi connectivity index (χ1n) is 7.41. The van der Waals surface area contributed by atoms with Crippen molar-refractivity contribution in [2.45, 2.75) is 59.0 Å². The zero-order valence-electron chi connectivity index (χ0n) is 12.8. The Kier molecular flexibility index (Phi) is 4.46. The Labute approximate surface area is 117 Å². The first-order valence-corrected chi connectivity index (χ1v) is 7.41. The summed E-state index contributed by atoms with van der Waals surface area (Å²) in [5.74, 6) is 0. The molecule has 3 heteroatoms. The molecular formula is C16H27N3. The Balaban J connectivity index is 2.17. The molecule has 0 aliphatic carbocycles. The number of piperidine rings is 1. The predicted octanol–water partition coefficient (Wildman–Crippen LogP) is 3.27. The van der Waals surface area contributed by atoms with Crippen molar-refractivity contribution in [1.29, 1.82) is 0 Å². The van der Waals surface area contributed by atoms with Crippen molar-refractivity contribution >= 4 is 5.69 Å². The fraction of sp³-hybridized carbons (Fsp3) is 0.688. The molecular weight excluding hydrogens is 234 g/mol. The van der Waals surface area contributed by atoms with E-state index in [0.29, 0.717) is 0 Å². The van der Waals surface area contributed by atoms with E-state index in [1.54, 1.807) is 0 Å². The average Bonchev–Trinajstić information content (AvgIpc) is 2.37. The molecule has 0 saturated carbocycles. The molecule has 1 fully saturated rings. The second kappa shape index (κ2) is 5.91. The molecule has 0 aromatic carbocycles. The molecule has 1 saturated heterocycles. The lowest BCUT2D eigenvalue weighted by Gasteiger charge is -2.31. The highest BCUT2D eigenvalue weighted by molar-refractivity contribution is 5.54. The summed E-state index contributed by atoms with van der Waals surface area (Å²) in [7, 11) is 0. The average molecular weight is 261 g/mol. The van der Waals surface area contributed by atoms with Crippen molar-refractivity contribution in [1.82, 2.24) is 10.3 Å². The van der Waals surface area contributed by atoms with Crippen LogP contribution >= 0.6 is 0 Å². The number of aromatic nitrogens is 1. The molecule has 0 radical (unpaired) electrons. The van der Waals surface area contributed by atoms with E-state index < -0.39 is 0 Å². The minimum atomic E-state index is 0.143. The number of anilines is 1. The molecule has 0 unspecified atom stereocenters. The van der Waals surface area contributed by atoms with Crippen LogP contribution in [0.3, 0.4) is 0 Å². The maximum atomic E-state index is 4.47. The third-order valence-electron chi connectivity index (χ3n) is 3.60. The fourth-order valence-corrected chi connectivity index (χ4v) is 2.50. The Morgan fingerprint density at radius 3 is 2.53 bits per heavy atom. The topological polar surface area (TPSA) is 28.2 Å². The molecule has 0 spiro atoms. The summed E-state index contributed by atoms with van der Waals surface area (Å²) < 4.78 is 0. The van der Waals surface area contributed by atoms with E-state index in [-0.39, 0.29) is 5.54 Å². The number of rotatable bonds is 3. The van der Waals surface area contributed by atoms with Crippen LogP contribution in [0.4, 0.5) is 5.69 Å². The van der Waals surface area contributed by atoms with Crippen molar-refractivity contribution in [3.63, 3.8) is 0 Å². The fourth-order valence-electron chi connectivity index (χ4n) is 2.50. The summed E-state index contributed by atoms with van der Waals surface area (Å²) in [6.45, 7) is 12.0. The molecule has 0 atom stereocenters. The van der Waals surface area contributed by atoms with Crippen molar-refractivity contribution < 1.29 is 0 Å². The lowest BCUT2D eigenvalue weighted by Crippen LogP contribution is -2.36. The molecule has 0 bridgehead atoms. The molecule has 0 amide bonds. The standard InChI is InChI=1S/C16H27N3/c1-13-10-15(19-8-6-5-7-9-19)14(11-17-13)12-18-16(2,3)4/h10-11,18H,5-9,12H2,1-4H3. The second-order valence-corrected chi connectivity index (χ2v) is 6.61. The van der Waals surface area contributed by atoms with Crippen LogP contribution in [0.1, 0.15) is 51.3 Å². The van der Waals surface area contributed by atoms with Gasteiger partial charge in [0.05, 0.1) is 0 Å². The number of nitrogens with zero attached hydrogens (tertiary/aromatic N) is 2. The molecule has 2 rings (SSSR count). The highest BCUT2D eigenvalue weighted by Crippen LogP contribution is 2.25. The summed E-state index contributed by atoms with van der Waals surface area (Å²) >= 11 is 0. The maximum Gasteiger partial charge on any atom is 0.0445 e. The third-order valence-corrected chi connectivity index (χ3v) is 3.60. The smallest absolute Gasteiger partial charge is 0.0445 e. The summed E-state index contributed by atoms with van der Waals surface area (Å²) in [5.41, 5.74) is 3.95. The molecule has 1 aromatic rings. The molecule has 19 heavy (non-hydrogen) atoms. The van der Waals surface area contributed by atoms with Crippen molar-refractivity contribution in [3.05, 3.63) is 23.5 Å². The SMILES string of the molecule is Cc1cc(N2CCCCC2)c(CNC(C)(C)C)cn1. The predicted molar refractivity (Wildman–Crippen MR) is 81.6 cm³/mol. The van der Waals surface area contributed by atoms with Gasteiger partial charge in [-0.15, -0.1) is 0 Å². The normalized spacial score (nSPS) is 16.7. The van der Waals surface area contributed by atoms with Crippen LogP contribution in [0.15, 0.2) is 12.3 Å². The van der Waals surface area contributed by atoms with Gasteiger partial charge in [-0.25, -0.2) is 0 Å². The molecule has 1 aliphatic heterocycles. The Bertz CT molecular complexity index is 414. The molecule has 3 nitrogen and oxygen atoms in total. The molecule has 1 aliphatic rings. The summed E-state index contributed by atoms with van der Waals surface area (Å²) in [5, 5.41) is 3.57. The summed E-state index contributed by atoms with van der Waals surface area (Å²) in [6.07, 6.45) is 6.04. The molecule has 2 heterocycles. The minimum Gasteiger partial charge on any atom is -0.371 e. The largest absolute Gasteiger partial charge is 0.371 e. The zero-order chi connectivity index (χ0) is 13.9. The molecule has 106 valence electrons. The lowest BCUT2D eigenvalue weighted by molar-refractivity contribution is 0.423. The van der Waals surface area contributed by atoms with E-state index in [0.717, 1.165) is 12.2 Å². The van der Waals surface area contributed by atoms with Crippen LogP contribution in [-0.4, -0.2) is 23.6 Å². The van der Waals surface area contributed by atoms with Gasteiger partial charge in [0, 0.05) is 48.3 Å². The second-order valence-electron chi connectivity index (χ2n) is 6.61. The quantitative estimate of drug-likeness (QED) is 0.905. The number of hydrogen-bond acceptors (Lipinski definition) is 3. The highest BCUT2D eigenvalue weighted by Gasteiger charge is 2.16. The van der Waals surface area contributed by atoms with E-state index in [1.807, 2.05) is 6.20 Å². The first-order chi connectivity index (χ1) is 8.96. The Morgan fingerprint density at radius 1 is 1.21 bits per heavy atom. The van der Waals surface area contributed by atoms with E-state index in [4.69, 9.17) is 0 Å². The number of nitrogens with one attached hydrogen (secondary N) is 1. The van der Waals surface area contributed by atoms with Crippen LogP contribution in [0.2, 0.25) is 0 Å². The number of aryl methyl sites for hydroxylation is 1. The Morgan fingerprint density at radius 2 is 1.89 bits per heavy atom. The van der Waals surface area contributed by atoms with Gasteiger partial charge in [-0.3, -0.25) is 4.98 Å². The van der Waals surface area contributed by atoms with Gasteiger partial charge >= 0.3 is 0 Å². The van der Waals surface area contributed by atoms with Crippen LogP contribution in [0.5, 0.6) is 0 Å². The van der Waals surface area contributed by atoms with Crippen LogP contribution in [-0.2, 0) is 6.54 Å². The van der Waals surface area contributed by atoms with Crippen LogP contribution < -0.4 is 10.2 Å². The van der Waals surface area contributed by atoms with Gasteiger partial charge < -0.3 is 10.2 Å². The van der Waals surface area contributed by atoms with Crippen molar-refractivity contribution in [3.8, 4) is 0 Å². The van der Waals surface area contributed by atoms with Gasteiger partial charge in [-0.05, 0) is 53.0 Å². The van der Waals surface area contributed by atoms with Gasteiger partial charge in [0.1, 0.15) is 0 Å². The van der Waals surface area contributed by atoms with Gasteiger partial charge in [-0.1, -0.05) is 0 Å². The van der Waals surface area contributed by atoms with E-state index in [2.05, 4.69) is 49.0 Å². The third kappa shape index (κ3) is 4.20. The number of pyridine rings is 1. The first kappa shape index (κ1) is 14.3. The van der Waals surface area contributed by atoms with Crippen molar-refractivity contribution in [2.75, 3.05) is 18.0 Å². The van der Waals surface area contributed by atoms with E-state index >= 15 is 0 Å². The van der Waals surface area contributed by atoms with Gasteiger partial charge in [0.15, 0.2) is 0 Å². The van der Waals surface area contributed by atoms with Crippen molar-refractivity contribution in [2.24, 2.45) is 0 Å². The van der Waals surface area contributed by atoms with E-state index in [1.165, 1.54) is 43.6 Å². The van der Waals surface area contributed by atoms with E-state index in [9.17, 15) is 0 Å². The highest BCUT2D eigenvalue weighted by atomic mass is 15.1. The molecule has 1 aromatic heterocycles. The van der Waals surface area contributed by atoms with Gasteiger partial charge in [0.25, 0.3) is 0 Å². The summed E-state index contributed by atoms with van der Waals surface area (Å²) in [6, 6.07) is 2.24. The van der Waals surface area contributed by atoms with Crippen LogP contribution in [0, 0.1) is 6.92 Å². The van der Waals surface area contributed by atoms with Crippen LogP contribution in [0.25, 0.3) is 0 Å². The zero-order valence-corrected chi connectivity index (χ0v) is 12.8. The summed E-state index contributed by atoms with van der Waals surface area (Å²) in [4.78, 5) is 6.99. The Hall–Kier alpha value is -1.09. The number of hydrogen-bond donors (Lipinski definition) is 1. The lowest BCUT2D eigenvalue weighted by atomic mass is 10.1. The molecule has 1 N–H and O–H groups in total.